The lowest BCUT2D eigenvalue weighted by molar-refractivity contribution is 0.0207. The molecular formula is C23H31N3O5. The van der Waals surface area contributed by atoms with Crippen LogP contribution in [0.5, 0.6) is 0 Å². The molecule has 0 aliphatic carbocycles. The fourth-order valence-corrected chi connectivity index (χ4v) is 3.56. The number of aliphatic hydroxyl groups is 1. The van der Waals surface area contributed by atoms with Gasteiger partial charge in [0.15, 0.2) is 0 Å². The third-order valence-electron chi connectivity index (χ3n) is 5.07. The van der Waals surface area contributed by atoms with Gasteiger partial charge in [0, 0.05) is 45.4 Å². The summed E-state index contributed by atoms with van der Waals surface area (Å²) in [6, 6.07) is 9.98. The summed E-state index contributed by atoms with van der Waals surface area (Å²) in [4.78, 5) is 4.29. The average molecular weight is 430 g/mol. The standard InChI is InChI=1S/C23H31N3O5/c1-3-12-30-18-20(27)16-25(9-13-28-2)17-21-22(19-7-5-4-6-8-19)24-31-23(21)26-10-14-29-15-11-26/h1,4-8,20,27H,9-18H2,2H3/t20-/m1/s1. The van der Waals surface area contributed by atoms with E-state index in [1.807, 2.05) is 30.3 Å². The Morgan fingerprint density at radius 2 is 2.06 bits per heavy atom. The number of terminal acetylenes is 1. The molecule has 8 nitrogen and oxygen atoms in total. The van der Waals surface area contributed by atoms with Crippen LogP contribution >= 0.6 is 0 Å². The second-order valence-electron chi connectivity index (χ2n) is 7.38. The van der Waals surface area contributed by atoms with Gasteiger partial charge in [0.2, 0.25) is 5.88 Å². The highest BCUT2D eigenvalue weighted by Crippen LogP contribution is 2.33. The van der Waals surface area contributed by atoms with E-state index in [0.29, 0.717) is 39.5 Å². The molecule has 1 aromatic carbocycles. The Balaban J connectivity index is 1.83. The van der Waals surface area contributed by atoms with Crippen molar-refractivity contribution in [2.45, 2.75) is 12.6 Å². The van der Waals surface area contributed by atoms with Crippen LogP contribution in [0, 0.1) is 12.3 Å². The Morgan fingerprint density at radius 1 is 1.29 bits per heavy atom. The third-order valence-corrected chi connectivity index (χ3v) is 5.07. The number of hydrogen-bond donors (Lipinski definition) is 1. The van der Waals surface area contributed by atoms with Crippen molar-refractivity contribution in [2.24, 2.45) is 0 Å². The Bertz CT molecular complexity index is 814. The quantitative estimate of drug-likeness (QED) is 0.403. The monoisotopic (exact) mass is 429 g/mol. The van der Waals surface area contributed by atoms with E-state index in [4.69, 9.17) is 25.2 Å². The molecule has 1 fully saturated rings. The van der Waals surface area contributed by atoms with Gasteiger partial charge in [-0.05, 0) is 0 Å². The minimum absolute atomic E-state index is 0.180. The molecule has 1 atom stereocenters. The first-order valence-corrected chi connectivity index (χ1v) is 10.5. The lowest BCUT2D eigenvalue weighted by Crippen LogP contribution is -2.39. The van der Waals surface area contributed by atoms with E-state index in [1.165, 1.54) is 0 Å². The number of aliphatic hydroxyl groups excluding tert-OH is 1. The van der Waals surface area contributed by atoms with Crippen molar-refractivity contribution < 1.29 is 23.8 Å². The SMILES string of the molecule is C#CCOC[C@H](O)CN(CCOC)Cc1c(-c2ccccc2)noc1N1CCOCC1. The molecule has 0 bridgehead atoms. The van der Waals surface area contributed by atoms with Gasteiger partial charge in [0.1, 0.15) is 12.3 Å². The van der Waals surface area contributed by atoms with Crippen molar-refractivity contribution in [1.29, 1.82) is 0 Å². The van der Waals surface area contributed by atoms with Crippen LogP contribution < -0.4 is 4.90 Å². The van der Waals surface area contributed by atoms with E-state index in [9.17, 15) is 5.11 Å². The molecule has 1 aliphatic heterocycles. The van der Waals surface area contributed by atoms with Crippen molar-refractivity contribution >= 4 is 5.88 Å². The van der Waals surface area contributed by atoms with Crippen LogP contribution in [-0.2, 0) is 20.8 Å². The lowest BCUT2D eigenvalue weighted by atomic mass is 10.1. The first-order chi connectivity index (χ1) is 15.2. The molecule has 168 valence electrons. The maximum atomic E-state index is 10.4. The van der Waals surface area contributed by atoms with Crippen molar-refractivity contribution in [3.63, 3.8) is 0 Å². The van der Waals surface area contributed by atoms with Crippen LogP contribution in [0.3, 0.4) is 0 Å². The molecule has 2 aromatic rings. The Labute approximate surface area is 183 Å². The van der Waals surface area contributed by atoms with Gasteiger partial charge < -0.3 is 28.7 Å². The molecule has 1 N–H and O–H groups in total. The van der Waals surface area contributed by atoms with Gasteiger partial charge >= 0.3 is 0 Å². The second-order valence-corrected chi connectivity index (χ2v) is 7.38. The highest BCUT2D eigenvalue weighted by molar-refractivity contribution is 5.68. The number of morpholine rings is 1. The molecular weight excluding hydrogens is 398 g/mol. The molecule has 3 rings (SSSR count). The second kappa shape index (κ2) is 12.4. The van der Waals surface area contributed by atoms with E-state index < -0.39 is 6.10 Å². The summed E-state index contributed by atoms with van der Waals surface area (Å²) in [5.74, 6) is 3.17. The highest BCUT2D eigenvalue weighted by atomic mass is 16.5. The van der Waals surface area contributed by atoms with E-state index in [2.05, 4.69) is 20.9 Å². The molecule has 0 unspecified atom stereocenters. The van der Waals surface area contributed by atoms with Gasteiger partial charge in [-0.15, -0.1) is 6.42 Å². The van der Waals surface area contributed by atoms with E-state index >= 15 is 0 Å². The zero-order valence-corrected chi connectivity index (χ0v) is 18.0. The predicted octanol–water partition coefficient (Wildman–Crippen LogP) is 1.64. The molecule has 1 aliphatic rings. The topological polar surface area (TPSA) is 80.4 Å². The van der Waals surface area contributed by atoms with Crippen molar-refractivity contribution in [3.05, 3.63) is 35.9 Å². The van der Waals surface area contributed by atoms with Crippen LogP contribution in [0.1, 0.15) is 5.56 Å². The van der Waals surface area contributed by atoms with Gasteiger partial charge in [0.05, 0.1) is 38.1 Å². The average Bonchev–Trinajstić information content (AvgIpc) is 3.22. The zero-order valence-electron chi connectivity index (χ0n) is 18.0. The highest BCUT2D eigenvalue weighted by Gasteiger charge is 2.26. The minimum atomic E-state index is -0.669. The first-order valence-electron chi connectivity index (χ1n) is 10.5. The molecule has 8 heteroatoms. The summed E-state index contributed by atoms with van der Waals surface area (Å²) < 4.78 is 21.9. The molecule has 0 saturated carbocycles. The number of rotatable bonds is 12. The van der Waals surface area contributed by atoms with Gasteiger partial charge in [-0.1, -0.05) is 41.4 Å². The Hall–Kier alpha value is -2.41. The number of hydrogen-bond acceptors (Lipinski definition) is 8. The van der Waals surface area contributed by atoms with E-state index in [-0.39, 0.29) is 13.2 Å². The van der Waals surface area contributed by atoms with Crippen molar-refractivity contribution in [3.8, 4) is 23.6 Å². The predicted molar refractivity (Wildman–Crippen MR) is 118 cm³/mol. The Kier molecular flexibility index (Phi) is 9.34. The molecule has 2 heterocycles. The number of benzene rings is 1. The summed E-state index contributed by atoms with van der Waals surface area (Å²) in [5, 5.41) is 14.8. The molecule has 0 spiro atoms. The van der Waals surface area contributed by atoms with Gasteiger partial charge in [0.25, 0.3) is 0 Å². The number of aromatic nitrogens is 1. The fourth-order valence-electron chi connectivity index (χ4n) is 3.56. The summed E-state index contributed by atoms with van der Waals surface area (Å²) in [7, 11) is 1.67. The van der Waals surface area contributed by atoms with E-state index in [0.717, 1.165) is 35.8 Å². The minimum Gasteiger partial charge on any atom is -0.389 e. The normalized spacial score (nSPS) is 15.2. The van der Waals surface area contributed by atoms with Gasteiger partial charge in [-0.25, -0.2) is 0 Å². The van der Waals surface area contributed by atoms with Crippen LogP contribution in [-0.4, -0.2) is 87.6 Å². The summed E-state index contributed by atoms with van der Waals surface area (Å²) in [6.07, 6.45) is 4.55. The number of nitrogens with zero attached hydrogens (tertiary/aromatic N) is 3. The van der Waals surface area contributed by atoms with E-state index in [1.54, 1.807) is 7.11 Å². The molecule has 31 heavy (non-hydrogen) atoms. The third kappa shape index (κ3) is 6.79. The van der Waals surface area contributed by atoms with Gasteiger partial charge in [-0.3, -0.25) is 4.90 Å². The Morgan fingerprint density at radius 3 is 2.77 bits per heavy atom. The number of methoxy groups -OCH3 is 1. The van der Waals surface area contributed by atoms with Crippen molar-refractivity contribution in [1.82, 2.24) is 10.1 Å². The largest absolute Gasteiger partial charge is 0.389 e. The molecule has 0 amide bonds. The smallest absolute Gasteiger partial charge is 0.232 e. The summed E-state index contributed by atoms with van der Waals surface area (Å²) in [5.41, 5.74) is 2.79. The summed E-state index contributed by atoms with van der Waals surface area (Å²) >= 11 is 0. The maximum Gasteiger partial charge on any atom is 0.232 e. The maximum absolute atomic E-state index is 10.4. The number of anilines is 1. The molecule has 1 saturated heterocycles. The van der Waals surface area contributed by atoms with Crippen LogP contribution in [0.4, 0.5) is 5.88 Å². The summed E-state index contributed by atoms with van der Waals surface area (Å²) in [6.45, 7) is 5.31. The number of ether oxygens (including phenoxy) is 3. The van der Waals surface area contributed by atoms with Crippen LogP contribution in [0.2, 0.25) is 0 Å². The van der Waals surface area contributed by atoms with Crippen molar-refractivity contribution in [2.75, 3.05) is 71.2 Å². The fraction of sp³-hybridized carbons (Fsp3) is 0.522. The van der Waals surface area contributed by atoms with Crippen LogP contribution in [0.15, 0.2) is 34.9 Å². The first kappa shape index (κ1) is 23.3. The molecule has 1 aromatic heterocycles. The zero-order chi connectivity index (χ0) is 21.9. The molecule has 0 radical (unpaired) electrons. The lowest BCUT2D eigenvalue weighted by Gasteiger charge is -2.29. The van der Waals surface area contributed by atoms with Gasteiger partial charge in [-0.2, -0.15) is 0 Å². The van der Waals surface area contributed by atoms with Crippen LogP contribution in [0.25, 0.3) is 11.3 Å².